The highest BCUT2D eigenvalue weighted by Crippen LogP contribution is 2.42. The summed E-state index contributed by atoms with van der Waals surface area (Å²) < 4.78 is 13.3. The van der Waals surface area contributed by atoms with E-state index < -0.39 is 6.09 Å². The van der Waals surface area contributed by atoms with Crippen molar-refractivity contribution < 1.29 is 19.4 Å². The van der Waals surface area contributed by atoms with Crippen molar-refractivity contribution in [1.82, 2.24) is 19.7 Å². The maximum Gasteiger partial charge on any atom is 0.407 e. The van der Waals surface area contributed by atoms with E-state index in [1.54, 1.807) is 26.5 Å². The molecule has 4 rings (SSSR count). The SMILES string of the molecule is COc1cc(C#Cc2nn(C3CCN(C(=O)O)C3C(C)(C)C)c3c(Br)cnc(N)c23)cc(OC)c1. The molecule has 3 aromatic rings. The number of rotatable bonds is 3. The van der Waals surface area contributed by atoms with E-state index >= 15 is 0 Å². The molecule has 0 saturated carbocycles. The first kappa shape index (κ1) is 24.7. The number of pyridine rings is 1. The van der Waals surface area contributed by atoms with Gasteiger partial charge in [-0.3, -0.25) is 4.68 Å². The third-order valence-corrected chi connectivity index (χ3v) is 6.78. The fourth-order valence-corrected chi connectivity index (χ4v) is 5.27. The van der Waals surface area contributed by atoms with Crippen LogP contribution in [0.15, 0.2) is 28.9 Å². The van der Waals surface area contributed by atoms with Crippen LogP contribution in [-0.2, 0) is 0 Å². The number of hydrogen-bond donors (Lipinski definition) is 2. The summed E-state index contributed by atoms with van der Waals surface area (Å²) in [6.45, 7) is 6.55. The third kappa shape index (κ3) is 4.60. The molecule has 1 saturated heterocycles. The van der Waals surface area contributed by atoms with E-state index in [1.807, 2.05) is 37.6 Å². The van der Waals surface area contributed by atoms with Gasteiger partial charge < -0.3 is 25.2 Å². The highest BCUT2D eigenvalue weighted by molar-refractivity contribution is 9.10. The van der Waals surface area contributed by atoms with Gasteiger partial charge in [-0.05, 0) is 45.8 Å². The monoisotopic (exact) mass is 541 g/mol. The molecule has 1 aliphatic rings. The van der Waals surface area contributed by atoms with E-state index in [0.717, 1.165) is 5.52 Å². The van der Waals surface area contributed by atoms with Crippen molar-refractivity contribution in [1.29, 1.82) is 0 Å². The number of nitrogens with two attached hydrogens (primary N) is 1. The minimum Gasteiger partial charge on any atom is -0.497 e. The van der Waals surface area contributed by atoms with Gasteiger partial charge in [0.25, 0.3) is 0 Å². The Kier molecular flexibility index (Phi) is 6.56. The Hall–Kier alpha value is -3.45. The van der Waals surface area contributed by atoms with Crippen LogP contribution in [0.4, 0.5) is 10.6 Å². The lowest BCUT2D eigenvalue weighted by Crippen LogP contribution is -2.46. The van der Waals surface area contributed by atoms with Gasteiger partial charge in [0.1, 0.15) is 23.0 Å². The molecule has 3 N–H and O–H groups in total. The Morgan fingerprint density at radius 2 is 1.86 bits per heavy atom. The molecule has 184 valence electrons. The number of methoxy groups -OCH3 is 2. The number of nitrogen functional groups attached to an aromatic ring is 1. The number of benzene rings is 1. The van der Waals surface area contributed by atoms with E-state index in [2.05, 4.69) is 32.8 Å². The summed E-state index contributed by atoms with van der Waals surface area (Å²) in [6, 6.07) is 4.91. The normalized spacial score (nSPS) is 17.8. The molecule has 35 heavy (non-hydrogen) atoms. The van der Waals surface area contributed by atoms with Crippen LogP contribution in [0.5, 0.6) is 11.5 Å². The zero-order valence-corrected chi connectivity index (χ0v) is 21.9. The number of aromatic nitrogens is 3. The van der Waals surface area contributed by atoms with E-state index in [0.29, 0.717) is 51.4 Å². The van der Waals surface area contributed by atoms with Crippen molar-refractivity contribution >= 4 is 38.7 Å². The van der Waals surface area contributed by atoms with Crippen LogP contribution in [0.1, 0.15) is 44.5 Å². The fraction of sp³-hybridized carbons (Fsp3) is 0.400. The van der Waals surface area contributed by atoms with Crippen LogP contribution in [0.25, 0.3) is 10.9 Å². The number of amides is 1. The highest BCUT2D eigenvalue weighted by Gasteiger charge is 2.46. The Morgan fingerprint density at radius 1 is 1.20 bits per heavy atom. The molecule has 1 amide bonds. The predicted octanol–water partition coefficient (Wildman–Crippen LogP) is 4.53. The third-order valence-electron chi connectivity index (χ3n) is 6.20. The van der Waals surface area contributed by atoms with Gasteiger partial charge in [-0.1, -0.05) is 26.7 Å². The second-order valence-electron chi connectivity index (χ2n) is 9.50. The summed E-state index contributed by atoms with van der Waals surface area (Å²) in [5, 5.41) is 15.3. The second kappa shape index (κ2) is 9.30. The van der Waals surface area contributed by atoms with E-state index in [4.69, 9.17) is 20.3 Å². The van der Waals surface area contributed by atoms with Crippen molar-refractivity contribution in [2.75, 3.05) is 26.5 Å². The average Bonchev–Trinajstić information content (AvgIpc) is 3.42. The van der Waals surface area contributed by atoms with Gasteiger partial charge >= 0.3 is 6.09 Å². The lowest BCUT2D eigenvalue weighted by Gasteiger charge is -2.37. The fourth-order valence-electron chi connectivity index (χ4n) is 4.79. The Morgan fingerprint density at radius 3 is 2.43 bits per heavy atom. The number of carbonyl (C=O) groups is 1. The van der Waals surface area contributed by atoms with Crippen LogP contribution in [0.2, 0.25) is 0 Å². The summed E-state index contributed by atoms with van der Waals surface area (Å²) in [5.41, 5.74) is 7.89. The van der Waals surface area contributed by atoms with Gasteiger partial charge in [0.15, 0.2) is 0 Å². The van der Waals surface area contributed by atoms with Crippen molar-refractivity contribution in [3.63, 3.8) is 0 Å². The number of nitrogens with zero attached hydrogens (tertiary/aromatic N) is 4. The van der Waals surface area contributed by atoms with E-state index in [1.165, 1.54) is 4.90 Å². The first-order valence-corrected chi connectivity index (χ1v) is 11.9. The highest BCUT2D eigenvalue weighted by atomic mass is 79.9. The molecule has 1 aliphatic heterocycles. The van der Waals surface area contributed by atoms with Crippen LogP contribution in [-0.4, -0.2) is 57.7 Å². The maximum atomic E-state index is 12.0. The summed E-state index contributed by atoms with van der Waals surface area (Å²) in [6.07, 6.45) is 1.33. The zero-order valence-electron chi connectivity index (χ0n) is 20.3. The molecule has 2 unspecified atom stereocenters. The molecule has 2 aromatic heterocycles. The van der Waals surface area contributed by atoms with Crippen molar-refractivity contribution in [3.05, 3.63) is 40.1 Å². The van der Waals surface area contributed by atoms with Crippen LogP contribution < -0.4 is 15.2 Å². The first-order chi connectivity index (χ1) is 16.5. The topological polar surface area (TPSA) is 116 Å². The largest absolute Gasteiger partial charge is 0.497 e. The molecule has 9 nitrogen and oxygen atoms in total. The molecular formula is C25H28BrN5O4. The number of hydrogen-bond acceptors (Lipinski definition) is 6. The van der Waals surface area contributed by atoms with Crippen LogP contribution in [0.3, 0.4) is 0 Å². The quantitative estimate of drug-likeness (QED) is 0.467. The van der Waals surface area contributed by atoms with E-state index in [-0.39, 0.29) is 17.5 Å². The minimum absolute atomic E-state index is 0.195. The second-order valence-corrected chi connectivity index (χ2v) is 10.4. The molecule has 0 aliphatic carbocycles. The molecule has 10 heteroatoms. The van der Waals surface area contributed by atoms with Gasteiger partial charge in [0.2, 0.25) is 0 Å². The van der Waals surface area contributed by atoms with Crippen molar-refractivity contribution in [2.45, 2.75) is 39.3 Å². The Bertz CT molecular complexity index is 1330. The van der Waals surface area contributed by atoms with Gasteiger partial charge in [0.05, 0.1) is 41.7 Å². The summed E-state index contributed by atoms with van der Waals surface area (Å²) in [4.78, 5) is 17.8. The Balaban J connectivity index is 1.89. The lowest BCUT2D eigenvalue weighted by molar-refractivity contribution is 0.0913. The van der Waals surface area contributed by atoms with Crippen molar-refractivity contribution in [2.24, 2.45) is 5.41 Å². The average molecular weight is 542 g/mol. The molecule has 1 fully saturated rings. The maximum absolute atomic E-state index is 12.0. The summed E-state index contributed by atoms with van der Waals surface area (Å²) >= 11 is 3.60. The number of anilines is 1. The van der Waals surface area contributed by atoms with Gasteiger partial charge in [-0.2, -0.15) is 5.10 Å². The zero-order chi connectivity index (χ0) is 25.5. The van der Waals surface area contributed by atoms with Crippen LogP contribution in [0, 0.1) is 17.3 Å². The van der Waals surface area contributed by atoms with Crippen LogP contribution >= 0.6 is 15.9 Å². The standard InChI is InChI=1S/C25H28BrN5O4/c1-25(2,3)22-19(8-9-30(22)24(32)33)31-21-17(26)13-28-23(27)20(21)18(29-31)7-6-14-10-15(34-4)12-16(11-14)35-5/h10-13,19,22H,8-9H2,1-5H3,(H2,27,28)(H,32,33). The molecular weight excluding hydrogens is 514 g/mol. The van der Waals surface area contributed by atoms with Crippen molar-refractivity contribution in [3.8, 4) is 23.3 Å². The smallest absolute Gasteiger partial charge is 0.407 e. The van der Waals surface area contributed by atoms with E-state index in [9.17, 15) is 9.90 Å². The summed E-state index contributed by atoms with van der Waals surface area (Å²) in [5.74, 6) is 7.83. The number of ether oxygens (including phenoxy) is 2. The lowest BCUT2D eigenvalue weighted by atomic mass is 9.82. The number of likely N-dealkylation sites (tertiary alicyclic amines) is 1. The van der Waals surface area contributed by atoms with Gasteiger partial charge in [-0.25, -0.2) is 9.78 Å². The van der Waals surface area contributed by atoms with Gasteiger partial charge in [-0.15, -0.1) is 0 Å². The molecule has 3 heterocycles. The molecule has 2 atom stereocenters. The number of carboxylic acid groups (broad SMARTS) is 1. The minimum atomic E-state index is -0.934. The molecule has 0 spiro atoms. The first-order valence-electron chi connectivity index (χ1n) is 11.1. The van der Waals surface area contributed by atoms with Gasteiger partial charge in [0, 0.05) is 24.4 Å². The number of halogens is 1. The predicted molar refractivity (Wildman–Crippen MR) is 137 cm³/mol. The molecule has 0 radical (unpaired) electrons. The molecule has 0 bridgehead atoms. The Labute approximate surface area is 212 Å². The molecule has 1 aromatic carbocycles. The number of fused-ring (bicyclic) bond motifs is 1. The summed E-state index contributed by atoms with van der Waals surface area (Å²) in [7, 11) is 3.16.